The van der Waals surface area contributed by atoms with Crippen LogP contribution in [-0.4, -0.2) is 132 Å². The van der Waals surface area contributed by atoms with Gasteiger partial charge in [-0.2, -0.15) is 0 Å². The number of cyclic esters (lactones) is 1. The molecule has 2 saturated heterocycles. The van der Waals surface area contributed by atoms with Crippen LogP contribution >= 0.6 is 0 Å². The third-order valence-corrected chi connectivity index (χ3v) is 23.8. The van der Waals surface area contributed by atoms with Crippen LogP contribution in [0.5, 0.6) is 0 Å². The van der Waals surface area contributed by atoms with Crippen LogP contribution in [0.1, 0.15) is 134 Å². The monoisotopic (exact) mass is 1040 g/mol. The van der Waals surface area contributed by atoms with Gasteiger partial charge in [-0.05, 0) is 132 Å². The lowest BCUT2D eigenvalue weighted by molar-refractivity contribution is -0.302. The quantitative estimate of drug-likeness (QED) is 0.0971. The Labute approximate surface area is 436 Å². The van der Waals surface area contributed by atoms with Crippen LogP contribution < -0.4 is 5.19 Å². The molecule has 0 radical (unpaired) electrons. The van der Waals surface area contributed by atoms with Gasteiger partial charge in [0.15, 0.2) is 8.32 Å². The van der Waals surface area contributed by atoms with Crippen molar-refractivity contribution < 1.29 is 58.2 Å². The van der Waals surface area contributed by atoms with Crippen molar-refractivity contribution in [3.8, 4) is 0 Å². The third kappa shape index (κ3) is 14.3. The molecule has 3 fully saturated rings. The number of esters is 1. The van der Waals surface area contributed by atoms with E-state index < -0.39 is 107 Å². The van der Waals surface area contributed by atoms with E-state index in [-0.39, 0.29) is 48.5 Å². The molecule has 1 aromatic carbocycles. The van der Waals surface area contributed by atoms with Crippen molar-refractivity contribution in [3.05, 3.63) is 53.6 Å². The van der Waals surface area contributed by atoms with Crippen LogP contribution in [0.2, 0.25) is 31.2 Å². The molecule has 1 amide bonds. The summed E-state index contributed by atoms with van der Waals surface area (Å²) in [6.07, 6.45) is 3.68. The Morgan fingerprint density at radius 1 is 0.875 bits per heavy atom. The Balaban J connectivity index is 1.61. The number of ketones is 2. The van der Waals surface area contributed by atoms with E-state index in [1.54, 1.807) is 28.3 Å². The molecular weight excluding hydrogens is 947 g/mol. The van der Waals surface area contributed by atoms with Gasteiger partial charge in [0, 0.05) is 52.0 Å². The second kappa shape index (κ2) is 25.3. The van der Waals surface area contributed by atoms with E-state index in [0.29, 0.717) is 51.4 Å². The first-order valence-electron chi connectivity index (χ1n) is 27.4. The summed E-state index contributed by atoms with van der Waals surface area (Å²) in [5.41, 5.74) is 1.79. The number of rotatable bonds is 11. The summed E-state index contributed by atoms with van der Waals surface area (Å²) >= 11 is 0. The fourth-order valence-corrected chi connectivity index (χ4v) is 14.7. The summed E-state index contributed by atoms with van der Waals surface area (Å²) in [4.78, 5) is 60.4. The summed E-state index contributed by atoms with van der Waals surface area (Å²) in [6, 6.07) is 8.96. The second-order valence-electron chi connectivity index (χ2n) is 23.8. The standard InChI is InChI=1S/C57H93NO12Si2/c1-17-42-30-36(2)29-37(3)31-49(65-11)52-50(66-12)33-39(5)57(63,68-52)53(60)54(61)58-28-22-21-25-44(58)55(62)67-51(40(6)47(35-45(42)59)70-72(15,16)56(7,8)9)38(4)32-41-26-27-46(48(34-41)64-10)69-71(13,14)43-23-19-18-20-24-43/h18-20,23-24,30,32,37,39-42,44,46-52,63H,17,21-22,25-29,31,33-35H2,1-16H3/b36-30+,38-32+/t37-,39+,40+,41-,42+,44-,46+,47-,48+,49-,50-,51+,52+,57+/m0/s1/i46D. The van der Waals surface area contributed by atoms with E-state index in [1.807, 2.05) is 45.9 Å². The molecule has 0 aromatic heterocycles. The Morgan fingerprint density at radius 3 is 2.12 bits per heavy atom. The zero-order chi connectivity index (χ0) is 54.4. The first-order chi connectivity index (χ1) is 34.1. The Kier molecular flexibility index (Phi) is 20.5. The molecule has 406 valence electrons. The molecule has 3 heterocycles. The highest BCUT2D eigenvalue weighted by Crippen LogP contribution is 2.42. The van der Waals surface area contributed by atoms with Crippen LogP contribution in [0.15, 0.2) is 53.6 Å². The van der Waals surface area contributed by atoms with Crippen LogP contribution in [0.4, 0.5) is 0 Å². The Bertz CT molecular complexity index is 2110. The fraction of sp³-hybridized carbons (Fsp3) is 0.754. The van der Waals surface area contributed by atoms with Crippen LogP contribution in [-0.2, 0) is 51.7 Å². The molecule has 2 bridgehead atoms. The summed E-state index contributed by atoms with van der Waals surface area (Å²) in [7, 11) is -0.354. The predicted molar refractivity (Wildman–Crippen MR) is 287 cm³/mol. The molecule has 14 atom stereocenters. The minimum absolute atomic E-state index is 0.0349. The van der Waals surface area contributed by atoms with E-state index in [9.17, 15) is 20.9 Å². The molecule has 0 unspecified atom stereocenters. The highest BCUT2D eigenvalue weighted by atomic mass is 28.4. The maximum Gasteiger partial charge on any atom is 0.329 e. The van der Waals surface area contributed by atoms with Crippen molar-refractivity contribution >= 4 is 45.3 Å². The number of methoxy groups -OCH3 is 3. The van der Waals surface area contributed by atoms with Crippen molar-refractivity contribution in [1.29, 1.82) is 0 Å². The molecule has 1 aromatic rings. The number of benzene rings is 1. The summed E-state index contributed by atoms with van der Waals surface area (Å²) in [6.45, 7) is 26.9. The number of hydrogen-bond acceptors (Lipinski definition) is 12. The van der Waals surface area contributed by atoms with Crippen molar-refractivity contribution in [2.45, 2.75) is 219 Å². The topological polar surface area (TPSA) is 156 Å². The fourth-order valence-electron chi connectivity index (χ4n) is 11.3. The van der Waals surface area contributed by atoms with Gasteiger partial charge in [0.25, 0.3) is 11.7 Å². The summed E-state index contributed by atoms with van der Waals surface area (Å²) in [5, 5.41) is 13.2. The van der Waals surface area contributed by atoms with Gasteiger partial charge in [-0.25, -0.2) is 4.79 Å². The van der Waals surface area contributed by atoms with E-state index in [1.165, 1.54) is 4.90 Å². The molecule has 13 nitrogen and oxygen atoms in total. The van der Waals surface area contributed by atoms with Crippen LogP contribution in [0.25, 0.3) is 0 Å². The van der Waals surface area contributed by atoms with Crippen molar-refractivity contribution in [2.24, 2.45) is 29.6 Å². The lowest BCUT2D eigenvalue weighted by Gasteiger charge is -2.47. The van der Waals surface area contributed by atoms with E-state index in [4.69, 9.17) is 32.5 Å². The van der Waals surface area contributed by atoms with Gasteiger partial charge in [0.05, 0.1) is 31.9 Å². The molecule has 1 N–H and O–H groups in total. The average molecular weight is 1040 g/mol. The van der Waals surface area contributed by atoms with Crippen molar-refractivity contribution in [1.82, 2.24) is 4.90 Å². The maximum atomic E-state index is 15.1. The molecule has 72 heavy (non-hydrogen) atoms. The number of piperidine rings is 1. The number of hydrogen-bond donors (Lipinski definition) is 1. The molecular formula is C57H93NO12Si2. The highest BCUT2D eigenvalue weighted by Gasteiger charge is 2.57. The molecule has 15 heteroatoms. The van der Waals surface area contributed by atoms with E-state index in [2.05, 4.69) is 78.2 Å². The van der Waals surface area contributed by atoms with Crippen molar-refractivity contribution in [2.75, 3.05) is 27.9 Å². The van der Waals surface area contributed by atoms with Gasteiger partial charge >= 0.3 is 5.97 Å². The number of aliphatic hydroxyl groups is 1. The first kappa shape index (κ1) is 58.4. The highest BCUT2D eigenvalue weighted by molar-refractivity contribution is 6.84. The number of fused-ring (bicyclic) bond motifs is 3. The van der Waals surface area contributed by atoms with Gasteiger partial charge in [-0.15, -0.1) is 0 Å². The number of carbonyl (C=O) groups excluding carboxylic acids is 4. The summed E-state index contributed by atoms with van der Waals surface area (Å²) in [5.74, 6) is -7.13. The number of ether oxygens (including phenoxy) is 5. The Morgan fingerprint density at radius 2 is 1.51 bits per heavy atom. The number of allylic oxidation sites excluding steroid dienone is 3. The molecule has 0 spiro atoms. The predicted octanol–water partition coefficient (Wildman–Crippen LogP) is 9.64. The second-order valence-corrected chi connectivity index (χ2v) is 32.4. The minimum Gasteiger partial charge on any atom is -0.456 e. The SMILES string of the molecule is [2H][C@@]1(O[Si](C)(C)c2ccccc2)CC[C@@H](/C=C(\C)[C@H]2OC(=O)[C@@H]3CCCCN3C(=O)C(=O)[C@]3(O)O[C@H]([C@@H](OC)C[C@@H](C)C/C(C)=C/[C@@H](CC)C(=O)C[C@H](O[Si](C)(C)C(C)(C)C)[C@H]2C)[C@@H](OC)C[C@H]3C)C[C@H]1OC. The van der Waals surface area contributed by atoms with Gasteiger partial charge in [0.2, 0.25) is 14.1 Å². The van der Waals surface area contributed by atoms with E-state index in [0.717, 1.165) is 16.3 Å². The summed E-state index contributed by atoms with van der Waals surface area (Å²) < 4.78 is 54.9. The zero-order valence-corrected chi connectivity index (χ0v) is 48.8. The van der Waals surface area contributed by atoms with Gasteiger partial charge in [-0.1, -0.05) is 96.5 Å². The largest absolute Gasteiger partial charge is 0.456 e. The van der Waals surface area contributed by atoms with E-state index >= 15 is 4.79 Å². The molecule has 5 rings (SSSR count). The lowest BCUT2D eigenvalue weighted by Crippen LogP contribution is -2.64. The lowest BCUT2D eigenvalue weighted by atomic mass is 9.81. The number of Topliss-reactive ketones (excluding diaryl/α,β-unsaturated/α-hetero) is 2. The van der Waals surface area contributed by atoms with Gasteiger partial charge in [0.1, 0.15) is 24.0 Å². The van der Waals surface area contributed by atoms with Crippen molar-refractivity contribution in [3.63, 3.8) is 0 Å². The maximum absolute atomic E-state index is 15.1. The first-order valence-corrected chi connectivity index (χ1v) is 32.7. The Hall–Kier alpha value is -2.87. The van der Waals surface area contributed by atoms with Crippen LogP contribution in [0.3, 0.4) is 0 Å². The molecule has 1 saturated carbocycles. The average Bonchev–Trinajstić information content (AvgIpc) is 3.33. The normalized spacial score (nSPS) is 36.9. The zero-order valence-electron chi connectivity index (χ0n) is 47.8. The number of carbonyl (C=O) groups is 4. The molecule has 1 aliphatic carbocycles. The smallest absolute Gasteiger partial charge is 0.329 e. The van der Waals surface area contributed by atoms with Gasteiger partial charge in [-0.3, -0.25) is 14.4 Å². The molecule has 4 aliphatic rings. The molecule has 3 aliphatic heterocycles. The van der Waals surface area contributed by atoms with Gasteiger partial charge < -0.3 is 42.5 Å². The number of amides is 1. The number of nitrogens with zero attached hydrogens (tertiary/aromatic N) is 1. The third-order valence-electron chi connectivity index (χ3n) is 16.8. The minimum atomic E-state index is -2.58. The van der Waals surface area contributed by atoms with Crippen LogP contribution in [0, 0.1) is 29.6 Å².